The van der Waals surface area contributed by atoms with E-state index in [9.17, 15) is 4.79 Å². The zero-order valence-electron chi connectivity index (χ0n) is 10.5. The number of carbonyl (C=O) groups is 1. The van der Waals surface area contributed by atoms with Gasteiger partial charge in [0.2, 0.25) is 0 Å². The lowest BCUT2D eigenvalue weighted by Crippen LogP contribution is -2.12. The van der Waals surface area contributed by atoms with E-state index in [2.05, 4.69) is 17.2 Å². The molecule has 1 aromatic carbocycles. The molecule has 3 nitrogen and oxygen atoms in total. The summed E-state index contributed by atoms with van der Waals surface area (Å²) >= 11 is 18.9. The van der Waals surface area contributed by atoms with Crippen LogP contribution in [0.15, 0.2) is 24.3 Å². The van der Waals surface area contributed by atoms with E-state index < -0.39 is 0 Å². The minimum absolute atomic E-state index is 0.224. The number of benzene rings is 1. The molecule has 0 spiro atoms. The Labute approximate surface area is 141 Å². The molecule has 0 atom stereocenters. The smallest absolute Gasteiger partial charge is 0.258 e. The van der Waals surface area contributed by atoms with E-state index in [1.54, 1.807) is 18.2 Å². The lowest BCUT2D eigenvalue weighted by molar-refractivity contribution is 0.102. The molecule has 0 saturated heterocycles. The van der Waals surface area contributed by atoms with Crippen LogP contribution in [0.1, 0.15) is 15.9 Å². The molecule has 0 aliphatic heterocycles. The van der Waals surface area contributed by atoms with Gasteiger partial charge in [0.05, 0.1) is 22.1 Å². The van der Waals surface area contributed by atoms with Gasteiger partial charge in [0.15, 0.2) is 0 Å². The first-order valence-electron chi connectivity index (χ1n) is 5.76. The number of hydrogen-bond donors (Lipinski definition) is 2. The second-order valence-electron chi connectivity index (χ2n) is 3.89. The van der Waals surface area contributed by atoms with Gasteiger partial charge in [-0.05, 0) is 24.3 Å². The average Bonchev–Trinajstić information content (AvgIpc) is 2.77. The summed E-state index contributed by atoms with van der Waals surface area (Å²) in [5.74, 6) is 5.23. The number of rotatable bonds is 2. The van der Waals surface area contributed by atoms with Crippen LogP contribution in [0.25, 0.3) is 0 Å². The van der Waals surface area contributed by atoms with Crippen molar-refractivity contribution in [1.82, 2.24) is 0 Å². The zero-order chi connectivity index (χ0) is 15.4. The van der Waals surface area contributed by atoms with Gasteiger partial charge in [0, 0.05) is 10.6 Å². The summed E-state index contributed by atoms with van der Waals surface area (Å²) in [6.07, 6.45) is 0. The fourth-order valence-electron chi connectivity index (χ4n) is 1.56. The highest BCUT2D eigenvalue weighted by atomic mass is 35.5. The largest absolute Gasteiger partial charge is 0.321 e. The van der Waals surface area contributed by atoms with Crippen LogP contribution in [-0.2, 0) is 0 Å². The van der Waals surface area contributed by atoms with Gasteiger partial charge in [0.25, 0.3) is 5.91 Å². The Kier molecular flexibility index (Phi) is 5.51. The van der Waals surface area contributed by atoms with Gasteiger partial charge >= 0.3 is 0 Å². The third-order valence-corrected chi connectivity index (χ3v) is 4.18. The predicted molar refractivity (Wildman–Crippen MR) is 89.7 cm³/mol. The van der Waals surface area contributed by atoms with Crippen LogP contribution < -0.4 is 11.1 Å². The molecule has 0 fully saturated rings. The summed E-state index contributed by atoms with van der Waals surface area (Å²) < 4.78 is 0.772. The van der Waals surface area contributed by atoms with Crippen molar-refractivity contribution in [2.45, 2.75) is 0 Å². The van der Waals surface area contributed by atoms with Gasteiger partial charge in [-0.2, -0.15) is 0 Å². The number of hydrogen-bond acceptors (Lipinski definition) is 3. The van der Waals surface area contributed by atoms with Crippen LogP contribution in [0.2, 0.25) is 13.7 Å². The highest BCUT2D eigenvalue weighted by Gasteiger charge is 2.15. The van der Waals surface area contributed by atoms with Crippen molar-refractivity contribution >= 4 is 57.7 Å². The zero-order valence-corrected chi connectivity index (χ0v) is 13.6. The van der Waals surface area contributed by atoms with Gasteiger partial charge < -0.3 is 11.1 Å². The summed E-state index contributed by atoms with van der Waals surface area (Å²) in [6, 6.07) is 6.52. The lowest BCUT2D eigenvalue weighted by atomic mass is 10.1. The van der Waals surface area contributed by atoms with Crippen molar-refractivity contribution in [3.8, 4) is 11.8 Å². The molecule has 7 heteroatoms. The highest BCUT2D eigenvalue weighted by molar-refractivity contribution is 7.20. The standard InChI is InChI=1S/C14H9Cl3N2OS/c15-9-4-3-8(2-1-5-18)11(6-9)19-14(20)10-7-12(16)21-13(10)17/h3-4,6-7H,5,18H2,(H,19,20). The molecule has 3 N–H and O–H groups in total. The second kappa shape index (κ2) is 7.17. The van der Waals surface area contributed by atoms with Crippen LogP contribution in [0.4, 0.5) is 5.69 Å². The molecule has 108 valence electrons. The SMILES string of the molecule is NCC#Cc1ccc(Cl)cc1NC(=O)c1cc(Cl)sc1Cl. The number of nitrogens with two attached hydrogens (primary N) is 1. The van der Waals surface area contributed by atoms with Crippen LogP contribution in [0.3, 0.4) is 0 Å². The van der Waals surface area contributed by atoms with E-state index in [0.717, 1.165) is 11.3 Å². The van der Waals surface area contributed by atoms with E-state index >= 15 is 0 Å². The fraction of sp³-hybridized carbons (Fsp3) is 0.0714. The van der Waals surface area contributed by atoms with Gasteiger partial charge in [-0.1, -0.05) is 46.6 Å². The summed E-state index contributed by atoms with van der Waals surface area (Å²) in [7, 11) is 0. The minimum Gasteiger partial charge on any atom is -0.321 e. The maximum Gasteiger partial charge on any atom is 0.258 e. The maximum atomic E-state index is 12.2. The monoisotopic (exact) mass is 358 g/mol. The van der Waals surface area contributed by atoms with Gasteiger partial charge in [-0.15, -0.1) is 11.3 Å². The van der Waals surface area contributed by atoms with E-state index in [-0.39, 0.29) is 12.5 Å². The van der Waals surface area contributed by atoms with Crippen LogP contribution in [0, 0.1) is 11.8 Å². The number of halogens is 3. The van der Waals surface area contributed by atoms with Crippen molar-refractivity contribution in [2.75, 3.05) is 11.9 Å². The maximum absolute atomic E-state index is 12.2. The normalized spacial score (nSPS) is 9.90. The van der Waals surface area contributed by atoms with Crippen molar-refractivity contribution in [3.63, 3.8) is 0 Å². The molecule has 0 aliphatic carbocycles. The quantitative estimate of drug-likeness (QED) is 0.787. The summed E-state index contributed by atoms with van der Waals surface area (Å²) in [4.78, 5) is 12.2. The summed E-state index contributed by atoms with van der Waals surface area (Å²) in [5.41, 5.74) is 6.78. The minimum atomic E-state index is -0.374. The van der Waals surface area contributed by atoms with Gasteiger partial charge in [-0.3, -0.25) is 4.79 Å². The topological polar surface area (TPSA) is 55.1 Å². The van der Waals surface area contributed by atoms with E-state index in [1.165, 1.54) is 6.07 Å². The summed E-state index contributed by atoms with van der Waals surface area (Å²) in [6.45, 7) is 0.224. The predicted octanol–water partition coefficient (Wildman–Crippen LogP) is 4.27. The Morgan fingerprint density at radius 1 is 1.29 bits per heavy atom. The number of amides is 1. The molecule has 2 rings (SSSR count). The molecular weight excluding hydrogens is 351 g/mol. The highest BCUT2D eigenvalue weighted by Crippen LogP contribution is 2.32. The number of carbonyl (C=O) groups excluding carboxylic acids is 1. The van der Waals surface area contributed by atoms with Crippen LogP contribution in [-0.4, -0.2) is 12.5 Å². The molecule has 0 unspecified atom stereocenters. The molecule has 0 bridgehead atoms. The molecule has 0 radical (unpaired) electrons. The third kappa shape index (κ3) is 4.13. The van der Waals surface area contributed by atoms with Crippen molar-refractivity contribution < 1.29 is 4.79 Å². The Balaban J connectivity index is 2.32. The molecule has 1 heterocycles. The molecular formula is C14H9Cl3N2OS. The lowest BCUT2D eigenvalue weighted by Gasteiger charge is -2.07. The van der Waals surface area contributed by atoms with Gasteiger partial charge in [0.1, 0.15) is 4.34 Å². The van der Waals surface area contributed by atoms with Crippen molar-refractivity contribution in [2.24, 2.45) is 5.73 Å². The first-order chi connectivity index (χ1) is 10.0. The average molecular weight is 360 g/mol. The molecule has 1 amide bonds. The van der Waals surface area contributed by atoms with E-state index in [0.29, 0.717) is 30.5 Å². The molecule has 0 aliphatic rings. The first-order valence-corrected chi connectivity index (χ1v) is 7.71. The van der Waals surface area contributed by atoms with Crippen LogP contribution >= 0.6 is 46.1 Å². The number of anilines is 1. The molecule has 0 saturated carbocycles. The Morgan fingerprint density at radius 2 is 2.05 bits per heavy atom. The van der Waals surface area contributed by atoms with Crippen LogP contribution in [0.5, 0.6) is 0 Å². The third-order valence-electron chi connectivity index (χ3n) is 2.46. The number of nitrogens with one attached hydrogen (secondary N) is 1. The van der Waals surface area contributed by atoms with Gasteiger partial charge in [-0.25, -0.2) is 0 Å². The second-order valence-corrected chi connectivity index (χ2v) is 6.61. The summed E-state index contributed by atoms with van der Waals surface area (Å²) in [5, 5.41) is 3.21. The van der Waals surface area contributed by atoms with Crippen molar-refractivity contribution in [1.29, 1.82) is 0 Å². The van der Waals surface area contributed by atoms with Crippen molar-refractivity contribution in [3.05, 3.63) is 49.1 Å². The molecule has 21 heavy (non-hydrogen) atoms. The Bertz CT molecular complexity index is 746. The van der Waals surface area contributed by atoms with E-state index in [1.807, 2.05) is 0 Å². The molecule has 2 aromatic rings. The Hall–Kier alpha value is -1.22. The molecule has 1 aromatic heterocycles. The fourth-order valence-corrected chi connectivity index (χ4v) is 3.19. The van der Waals surface area contributed by atoms with E-state index in [4.69, 9.17) is 40.5 Å². The number of thiophene rings is 1. The Morgan fingerprint density at radius 3 is 2.67 bits per heavy atom. The first kappa shape index (κ1) is 16.2.